The average molecular weight is 406 g/mol. The number of carbonyl (C=O) groups excluding carboxylic acids is 2. The number of hydrogen-bond donors (Lipinski definition) is 0. The van der Waals surface area contributed by atoms with Crippen molar-refractivity contribution < 1.29 is 35.9 Å². The molecule has 26 heavy (non-hydrogen) atoms. The molecule has 0 spiro atoms. The predicted molar refractivity (Wildman–Crippen MR) is 94.7 cm³/mol. The molecule has 0 aromatic heterocycles. The molecule has 0 radical (unpaired) electrons. The Hall–Kier alpha value is -1.94. The van der Waals surface area contributed by atoms with Crippen molar-refractivity contribution in [3.63, 3.8) is 0 Å². The van der Waals surface area contributed by atoms with Crippen LogP contribution in [0.4, 0.5) is 0 Å². The molecule has 0 amide bonds. The number of carbonyl (C=O) groups is 2. The highest BCUT2D eigenvalue weighted by Crippen LogP contribution is 2.13. The summed E-state index contributed by atoms with van der Waals surface area (Å²) in [6.45, 7) is 0. The van der Waals surface area contributed by atoms with Gasteiger partial charge in [0, 0.05) is 0 Å². The second kappa shape index (κ2) is 9.67. The number of sulfone groups is 2. The van der Waals surface area contributed by atoms with Crippen molar-refractivity contribution in [1.29, 1.82) is 0 Å². The largest absolute Gasteiger partial charge is 0.469 e. The SMILES string of the molecule is COC(=O)CCS(=O)(=O)Cc1ccc(CS(=O)(=O)CCC(=O)OC)cc1. The molecule has 0 heterocycles. The molecule has 0 fully saturated rings. The van der Waals surface area contributed by atoms with Gasteiger partial charge in [0.1, 0.15) is 0 Å². The van der Waals surface area contributed by atoms with E-state index < -0.39 is 31.6 Å². The molecular formula is C16H22O8S2. The van der Waals surface area contributed by atoms with Crippen LogP contribution in [0.1, 0.15) is 24.0 Å². The van der Waals surface area contributed by atoms with Gasteiger partial charge in [0.15, 0.2) is 19.7 Å². The van der Waals surface area contributed by atoms with Crippen molar-refractivity contribution in [3.8, 4) is 0 Å². The van der Waals surface area contributed by atoms with Gasteiger partial charge in [-0.1, -0.05) is 24.3 Å². The van der Waals surface area contributed by atoms with Crippen molar-refractivity contribution >= 4 is 31.6 Å². The number of methoxy groups -OCH3 is 2. The van der Waals surface area contributed by atoms with Gasteiger partial charge < -0.3 is 9.47 Å². The fourth-order valence-corrected chi connectivity index (χ4v) is 4.71. The summed E-state index contributed by atoms with van der Waals surface area (Å²) in [5.41, 5.74) is 0.983. The standard InChI is InChI=1S/C16H22O8S2/c1-23-15(17)7-9-25(19,20)11-13-3-5-14(6-4-13)12-26(21,22)10-8-16(18)24-2/h3-6H,7-12H2,1-2H3. The molecule has 0 N–H and O–H groups in total. The van der Waals surface area contributed by atoms with Gasteiger partial charge in [-0.25, -0.2) is 16.8 Å². The third-order valence-corrected chi connectivity index (χ3v) is 6.68. The van der Waals surface area contributed by atoms with Crippen LogP contribution in [0.5, 0.6) is 0 Å². The molecule has 0 unspecified atom stereocenters. The maximum Gasteiger partial charge on any atom is 0.306 e. The minimum absolute atomic E-state index is 0.213. The zero-order valence-corrected chi connectivity index (χ0v) is 16.3. The van der Waals surface area contributed by atoms with Gasteiger partial charge in [-0.15, -0.1) is 0 Å². The second-order valence-corrected chi connectivity index (χ2v) is 10.0. The summed E-state index contributed by atoms with van der Waals surface area (Å²) < 4.78 is 56.7. The molecule has 8 nitrogen and oxygen atoms in total. The Morgan fingerprint density at radius 3 is 1.31 bits per heavy atom. The number of rotatable bonds is 10. The average Bonchev–Trinajstić information content (AvgIpc) is 2.59. The van der Waals surface area contributed by atoms with Crippen LogP contribution in [0.2, 0.25) is 0 Å². The molecule has 1 aromatic carbocycles. The van der Waals surface area contributed by atoms with Crippen LogP contribution in [0.25, 0.3) is 0 Å². The lowest BCUT2D eigenvalue weighted by Gasteiger charge is -2.07. The number of benzene rings is 1. The van der Waals surface area contributed by atoms with Crippen molar-refractivity contribution in [3.05, 3.63) is 35.4 Å². The van der Waals surface area contributed by atoms with Gasteiger partial charge in [0.05, 0.1) is 50.1 Å². The normalized spacial score (nSPS) is 11.8. The first kappa shape index (κ1) is 22.1. The Morgan fingerprint density at radius 1 is 0.731 bits per heavy atom. The molecule has 0 atom stereocenters. The van der Waals surface area contributed by atoms with Crippen LogP contribution in [0, 0.1) is 0 Å². The molecule has 0 saturated carbocycles. The van der Waals surface area contributed by atoms with Crippen LogP contribution < -0.4 is 0 Å². The smallest absolute Gasteiger partial charge is 0.306 e. The summed E-state index contributed by atoms with van der Waals surface area (Å²) in [5.74, 6) is -2.33. The third kappa shape index (κ3) is 8.43. The second-order valence-electron chi connectivity index (χ2n) is 5.65. The molecule has 0 aliphatic carbocycles. The van der Waals surface area contributed by atoms with E-state index in [-0.39, 0.29) is 35.9 Å². The van der Waals surface area contributed by atoms with Crippen LogP contribution in [-0.4, -0.2) is 54.5 Å². The molecule has 1 aromatic rings. The molecule has 1 rings (SSSR count). The lowest BCUT2D eigenvalue weighted by molar-refractivity contribution is -0.141. The fourth-order valence-electron chi connectivity index (χ4n) is 2.07. The van der Waals surface area contributed by atoms with E-state index in [4.69, 9.17) is 0 Å². The van der Waals surface area contributed by atoms with Gasteiger partial charge in [-0.05, 0) is 11.1 Å². The summed E-state index contributed by atoms with van der Waals surface area (Å²) in [6.07, 6.45) is -0.426. The minimum atomic E-state index is -3.48. The molecule has 0 aliphatic rings. The van der Waals surface area contributed by atoms with Gasteiger partial charge in [-0.2, -0.15) is 0 Å². The van der Waals surface area contributed by atoms with Crippen molar-refractivity contribution in [2.75, 3.05) is 25.7 Å². The van der Waals surface area contributed by atoms with E-state index in [1.165, 1.54) is 38.5 Å². The highest BCUT2D eigenvalue weighted by atomic mass is 32.2. The monoisotopic (exact) mass is 406 g/mol. The van der Waals surface area contributed by atoms with E-state index in [1.54, 1.807) is 0 Å². The molecule has 146 valence electrons. The highest BCUT2D eigenvalue weighted by Gasteiger charge is 2.17. The van der Waals surface area contributed by atoms with Crippen LogP contribution in [0.15, 0.2) is 24.3 Å². The zero-order chi connectivity index (χ0) is 19.8. The molecular weight excluding hydrogens is 384 g/mol. The van der Waals surface area contributed by atoms with Gasteiger partial charge in [0.25, 0.3) is 0 Å². The summed E-state index contributed by atoms with van der Waals surface area (Å²) >= 11 is 0. The minimum Gasteiger partial charge on any atom is -0.469 e. The van der Waals surface area contributed by atoms with E-state index in [1.807, 2.05) is 0 Å². The summed E-state index contributed by atoms with van der Waals surface area (Å²) in [6, 6.07) is 6.11. The number of esters is 2. The topological polar surface area (TPSA) is 121 Å². The van der Waals surface area contributed by atoms with Crippen molar-refractivity contribution in [2.45, 2.75) is 24.3 Å². The van der Waals surface area contributed by atoms with Gasteiger partial charge in [-0.3, -0.25) is 9.59 Å². The summed E-state index contributed by atoms with van der Waals surface area (Å²) in [7, 11) is -4.58. The Morgan fingerprint density at radius 2 is 1.04 bits per heavy atom. The Balaban J connectivity index is 2.65. The van der Waals surface area contributed by atoms with Crippen molar-refractivity contribution in [1.82, 2.24) is 0 Å². The quantitative estimate of drug-likeness (QED) is 0.519. The molecule has 10 heteroatoms. The lowest BCUT2D eigenvalue weighted by Crippen LogP contribution is -2.15. The molecule has 0 aliphatic heterocycles. The van der Waals surface area contributed by atoms with Gasteiger partial charge in [0.2, 0.25) is 0 Å². The van der Waals surface area contributed by atoms with Crippen LogP contribution in [0.3, 0.4) is 0 Å². The number of hydrogen-bond acceptors (Lipinski definition) is 8. The van der Waals surface area contributed by atoms with E-state index in [0.717, 1.165) is 0 Å². The van der Waals surface area contributed by atoms with Gasteiger partial charge >= 0.3 is 11.9 Å². The Bertz CT molecular complexity index is 753. The van der Waals surface area contributed by atoms with E-state index in [0.29, 0.717) is 11.1 Å². The zero-order valence-electron chi connectivity index (χ0n) is 14.6. The fraction of sp³-hybridized carbons (Fsp3) is 0.500. The first-order valence-electron chi connectivity index (χ1n) is 7.69. The molecule has 0 bridgehead atoms. The highest BCUT2D eigenvalue weighted by molar-refractivity contribution is 7.90. The van der Waals surface area contributed by atoms with Crippen LogP contribution in [-0.2, 0) is 50.2 Å². The maximum absolute atomic E-state index is 12.0. The first-order chi connectivity index (χ1) is 12.1. The Labute approximate surface area is 153 Å². The lowest BCUT2D eigenvalue weighted by atomic mass is 10.2. The Kier molecular flexibility index (Phi) is 8.22. The van der Waals surface area contributed by atoms with E-state index in [2.05, 4.69) is 9.47 Å². The third-order valence-electron chi connectivity index (χ3n) is 3.49. The van der Waals surface area contributed by atoms with Crippen molar-refractivity contribution in [2.24, 2.45) is 0 Å². The predicted octanol–water partition coefficient (Wildman–Crippen LogP) is 0.642. The number of ether oxygens (including phenoxy) is 2. The van der Waals surface area contributed by atoms with E-state index >= 15 is 0 Å². The summed E-state index contributed by atoms with van der Waals surface area (Å²) in [4.78, 5) is 22.1. The van der Waals surface area contributed by atoms with Crippen LogP contribution >= 0.6 is 0 Å². The maximum atomic E-state index is 12.0. The van der Waals surface area contributed by atoms with E-state index in [9.17, 15) is 26.4 Å². The molecule has 0 saturated heterocycles. The summed E-state index contributed by atoms with van der Waals surface area (Å²) in [5, 5.41) is 0. The first-order valence-corrected chi connectivity index (χ1v) is 11.3.